The van der Waals surface area contributed by atoms with E-state index in [0.29, 0.717) is 11.1 Å². The maximum absolute atomic E-state index is 13.0. The van der Waals surface area contributed by atoms with Gasteiger partial charge in [-0.1, -0.05) is 6.42 Å². The molecule has 1 heterocycles. The summed E-state index contributed by atoms with van der Waals surface area (Å²) in [4.78, 5) is 12.1. The molecular formula is C14H19FN2O. The zero-order chi connectivity index (χ0) is 13.0. The second-order valence-electron chi connectivity index (χ2n) is 4.83. The number of hydrogen-bond acceptors (Lipinski definition) is 2. The monoisotopic (exact) mass is 250 g/mol. The number of rotatable bonds is 2. The Morgan fingerprint density at radius 2 is 2.28 bits per heavy atom. The summed E-state index contributed by atoms with van der Waals surface area (Å²) in [7, 11) is 0. The number of benzene rings is 1. The lowest BCUT2D eigenvalue weighted by atomic mass is 10.1. The molecule has 0 aromatic heterocycles. The highest BCUT2D eigenvalue weighted by Crippen LogP contribution is 2.11. The van der Waals surface area contributed by atoms with Gasteiger partial charge in [-0.25, -0.2) is 4.39 Å². The molecule has 1 aliphatic heterocycles. The first kappa shape index (κ1) is 13.0. The summed E-state index contributed by atoms with van der Waals surface area (Å²) in [5.41, 5.74) is 1.23. The minimum atomic E-state index is -0.305. The van der Waals surface area contributed by atoms with Crippen LogP contribution < -0.4 is 10.6 Å². The van der Waals surface area contributed by atoms with Crippen molar-refractivity contribution in [2.75, 3.05) is 13.1 Å². The summed E-state index contributed by atoms with van der Waals surface area (Å²) in [5.74, 6) is -0.415. The van der Waals surface area contributed by atoms with E-state index in [1.54, 1.807) is 13.0 Å². The van der Waals surface area contributed by atoms with Crippen molar-refractivity contribution in [1.82, 2.24) is 10.6 Å². The van der Waals surface area contributed by atoms with Crippen molar-refractivity contribution in [2.45, 2.75) is 32.2 Å². The fraction of sp³-hybridized carbons (Fsp3) is 0.500. The second-order valence-corrected chi connectivity index (χ2v) is 4.83. The van der Waals surface area contributed by atoms with Crippen LogP contribution in [-0.4, -0.2) is 25.0 Å². The van der Waals surface area contributed by atoms with E-state index in [-0.39, 0.29) is 17.8 Å². The van der Waals surface area contributed by atoms with Crippen LogP contribution in [0.3, 0.4) is 0 Å². The van der Waals surface area contributed by atoms with Crippen molar-refractivity contribution in [1.29, 1.82) is 0 Å². The van der Waals surface area contributed by atoms with E-state index in [9.17, 15) is 9.18 Å². The van der Waals surface area contributed by atoms with Crippen LogP contribution >= 0.6 is 0 Å². The van der Waals surface area contributed by atoms with Crippen LogP contribution in [0.25, 0.3) is 0 Å². The quantitative estimate of drug-likeness (QED) is 0.843. The van der Waals surface area contributed by atoms with Gasteiger partial charge in [-0.15, -0.1) is 0 Å². The number of hydrogen-bond donors (Lipinski definition) is 2. The SMILES string of the molecule is Cc1cc(F)ccc1C(=O)NC1CCCCNC1. The van der Waals surface area contributed by atoms with Gasteiger partial charge in [0.2, 0.25) is 0 Å². The minimum absolute atomic E-state index is 0.110. The molecule has 1 fully saturated rings. The number of halogens is 1. The molecule has 2 N–H and O–H groups in total. The molecule has 1 aliphatic rings. The first-order valence-corrected chi connectivity index (χ1v) is 6.44. The fourth-order valence-electron chi connectivity index (χ4n) is 2.29. The molecule has 0 saturated carbocycles. The van der Waals surface area contributed by atoms with Crippen LogP contribution in [0.15, 0.2) is 18.2 Å². The van der Waals surface area contributed by atoms with Gasteiger partial charge in [0.05, 0.1) is 0 Å². The number of nitrogens with one attached hydrogen (secondary N) is 2. The molecule has 98 valence electrons. The summed E-state index contributed by atoms with van der Waals surface area (Å²) < 4.78 is 13.0. The number of carbonyl (C=O) groups excluding carboxylic acids is 1. The molecule has 3 nitrogen and oxygen atoms in total. The van der Waals surface area contributed by atoms with Crippen LogP contribution in [-0.2, 0) is 0 Å². The number of aryl methyl sites for hydroxylation is 1. The normalized spacial score (nSPS) is 20.2. The van der Waals surface area contributed by atoms with E-state index in [4.69, 9.17) is 0 Å². The molecule has 1 saturated heterocycles. The molecule has 1 aromatic rings. The molecule has 18 heavy (non-hydrogen) atoms. The van der Waals surface area contributed by atoms with Gasteiger partial charge in [0, 0.05) is 18.2 Å². The highest BCUT2D eigenvalue weighted by molar-refractivity contribution is 5.95. The van der Waals surface area contributed by atoms with Gasteiger partial charge in [-0.2, -0.15) is 0 Å². The van der Waals surface area contributed by atoms with Gasteiger partial charge in [0.1, 0.15) is 5.82 Å². The van der Waals surface area contributed by atoms with E-state index >= 15 is 0 Å². The average Bonchev–Trinajstić information content (AvgIpc) is 2.57. The molecule has 0 bridgehead atoms. The van der Waals surface area contributed by atoms with Crippen molar-refractivity contribution < 1.29 is 9.18 Å². The first-order valence-electron chi connectivity index (χ1n) is 6.44. The lowest BCUT2D eigenvalue weighted by Crippen LogP contribution is -2.41. The standard InChI is InChI=1S/C14H19FN2O/c1-10-8-11(15)5-6-13(10)14(18)17-12-4-2-3-7-16-9-12/h5-6,8,12,16H,2-4,7,9H2,1H3,(H,17,18). The molecule has 0 aliphatic carbocycles. The van der Waals surface area contributed by atoms with E-state index < -0.39 is 0 Å². The van der Waals surface area contributed by atoms with Gasteiger partial charge in [0.15, 0.2) is 0 Å². The van der Waals surface area contributed by atoms with Crippen LogP contribution in [0.1, 0.15) is 35.2 Å². The fourth-order valence-corrected chi connectivity index (χ4v) is 2.29. The molecular weight excluding hydrogens is 231 g/mol. The topological polar surface area (TPSA) is 41.1 Å². The minimum Gasteiger partial charge on any atom is -0.348 e. The van der Waals surface area contributed by atoms with Crippen molar-refractivity contribution in [2.24, 2.45) is 0 Å². The number of carbonyl (C=O) groups is 1. The van der Waals surface area contributed by atoms with Crippen LogP contribution in [0.5, 0.6) is 0 Å². The van der Waals surface area contributed by atoms with Gasteiger partial charge in [0.25, 0.3) is 5.91 Å². The highest BCUT2D eigenvalue weighted by atomic mass is 19.1. The van der Waals surface area contributed by atoms with Crippen molar-refractivity contribution in [3.8, 4) is 0 Å². The summed E-state index contributed by atoms with van der Waals surface area (Å²) in [6.45, 7) is 3.58. The second kappa shape index (κ2) is 5.96. The Labute approximate surface area is 107 Å². The maximum Gasteiger partial charge on any atom is 0.251 e. The van der Waals surface area contributed by atoms with E-state index in [1.165, 1.54) is 12.1 Å². The average molecular weight is 250 g/mol. The predicted octanol–water partition coefficient (Wildman–Crippen LogP) is 2.01. The molecule has 1 aromatic carbocycles. The van der Waals surface area contributed by atoms with E-state index in [0.717, 1.165) is 32.4 Å². The summed E-state index contributed by atoms with van der Waals surface area (Å²) in [6.07, 6.45) is 3.28. The summed E-state index contributed by atoms with van der Waals surface area (Å²) in [5, 5.41) is 6.31. The van der Waals surface area contributed by atoms with Gasteiger partial charge in [-0.05, 0) is 50.1 Å². The largest absolute Gasteiger partial charge is 0.348 e. The molecule has 0 radical (unpaired) electrons. The summed E-state index contributed by atoms with van der Waals surface area (Å²) in [6, 6.07) is 4.43. The lowest BCUT2D eigenvalue weighted by Gasteiger charge is -2.17. The van der Waals surface area contributed by atoms with E-state index in [1.807, 2.05) is 0 Å². The number of amides is 1. The predicted molar refractivity (Wildman–Crippen MR) is 69.1 cm³/mol. The zero-order valence-electron chi connectivity index (χ0n) is 10.6. The summed E-state index contributed by atoms with van der Waals surface area (Å²) >= 11 is 0. The van der Waals surface area contributed by atoms with Crippen LogP contribution in [0.2, 0.25) is 0 Å². The Morgan fingerprint density at radius 3 is 3.06 bits per heavy atom. The Hall–Kier alpha value is -1.42. The molecule has 1 atom stereocenters. The zero-order valence-corrected chi connectivity index (χ0v) is 10.6. The molecule has 0 spiro atoms. The lowest BCUT2D eigenvalue weighted by molar-refractivity contribution is 0.0935. The Kier molecular flexibility index (Phi) is 4.31. The van der Waals surface area contributed by atoms with Crippen molar-refractivity contribution >= 4 is 5.91 Å². The third-order valence-corrected chi connectivity index (χ3v) is 3.32. The highest BCUT2D eigenvalue weighted by Gasteiger charge is 2.16. The molecule has 4 heteroatoms. The van der Waals surface area contributed by atoms with Gasteiger partial charge in [-0.3, -0.25) is 4.79 Å². The third kappa shape index (κ3) is 3.29. The van der Waals surface area contributed by atoms with Crippen molar-refractivity contribution in [3.63, 3.8) is 0 Å². The first-order chi connectivity index (χ1) is 8.66. The Balaban J connectivity index is 2.02. The van der Waals surface area contributed by atoms with Crippen LogP contribution in [0.4, 0.5) is 4.39 Å². The van der Waals surface area contributed by atoms with Gasteiger partial charge < -0.3 is 10.6 Å². The molecule has 1 unspecified atom stereocenters. The Bertz CT molecular complexity index is 426. The van der Waals surface area contributed by atoms with E-state index in [2.05, 4.69) is 10.6 Å². The van der Waals surface area contributed by atoms with Gasteiger partial charge >= 0.3 is 0 Å². The van der Waals surface area contributed by atoms with Crippen molar-refractivity contribution in [3.05, 3.63) is 35.1 Å². The molecule has 2 rings (SSSR count). The smallest absolute Gasteiger partial charge is 0.251 e. The Morgan fingerprint density at radius 1 is 1.44 bits per heavy atom. The molecule has 1 amide bonds. The maximum atomic E-state index is 13.0. The van der Waals surface area contributed by atoms with Crippen LogP contribution in [0, 0.1) is 12.7 Å². The third-order valence-electron chi connectivity index (χ3n) is 3.32.